The molecule has 0 saturated heterocycles. The number of rotatable bonds is 0. The lowest BCUT2D eigenvalue weighted by atomic mass is 10.3. The van der Waals surface area contributed by atoms with Crippen LogP contribution in [0.2, 0.25) is 0 Å². The Morgan fingerprint density at radius 3 is 1.85 bits per heavy atom. The second-order valence-corrected chi connectivity index (χ2v) is 1.82. The zero-order valence-corrected chi connectivity index (χ0v) is 6.41. The highest BCUT2D eigenvalue weighted by molar-refractivity contribution is 5.26. The summed E-state index contributed by atoms with van der Waals surface area (Å²) in [5, 5.41) is 8.35. The number of phenolic OH excluding ortho intramolecular Hbond substituents is 1. The van der Waals surface area contributed by atoms with Gasteiger partial charge in [0.2, 0.25) is 5.82 Å². The lowest BCUT2D eigenvalue weighted by Crippen LogP contribution is -1.93. The minimum absolute atomic E-state index is 0.0632. The first-order valence-corrected chi connectivity index (χ1v) is 2.93. The van der Waals surface area contributed by atoms with Gasteiger partial charge < -0.3 is 5.11 Å². The van der Waals surface area contributed by atoms with Gasteiger partial charge in [-0.25, -0.2) is 13.2 Å². The Morgan fingerprint density at radius 1 is 0.923 bits per heavy atom. The summed E-state index contributed by atoms with van der Waals surface area (Å²) in [5.41, 5.74) is 0. The standard InChI is InChI=1S/C6H2F4O.CH3F/c7-2-1-3(8)6(11)5(10)4(2)9;1-2/h1,11H;1H3. The van der Waals surface area contributed by atoms with Gasteiger partial charge in [0, 0.05) is 6.07 Å². The summed E-state index contributed by atoms with van der Waals surface area (Å²) < 4.78 is 57.9. The minimum atomic E-state index is -1.91. The summed E-state index contributed by atoms with van der Waals surface area (Å²) in [6.45, 7) is 0. The van der Waals surface area contributed by atoms with Crippen LogP contribution in [0.4, 0.5) is 22.0 Å². The van der Waals surface area contributed by atoms with Gasteiger partial charge in [-0.3, -0.25) is 4.39 Å². The number of phenols is 1. The summed E-state index contributed by atoms with van der Waals surface area (Å²) in [6, 6.07) is 0.0632. The highest BCUT2D eigenvalue weighted by Crippen LogP contribution is 2.23. The molecular weight excluding hydrogens is 195 g/mol. The Labute approximate surface area is 70.4 Å². The molecule has 1 rings (SSSR count). The summed E-state index contributed by atoms with van der Waals surface area (Å²) >= 11 is 0. The zero-order chi connectivity index (χ0) is 10.6. The fourth-order valence-electron chi connectivity index (χ4n) is 0.557. The van der Waals surface area contributed by atoms with E-state index >= 15 is 0 Å². The van der Waals surface area contributed by atoms with E-state index < -0.39 is 29.0 Å². The van der Waals surface area contributed by atoms with Crippen LogP contribution >= 0.6 is 0 Å². The van der Waals surface area contributed by atoms with Crippen molar-refractivity contribution in [1.29, 1.82) is 0 Å². The van der Waals surface area contributed by atoms with Gasteiger partial charge in [-0.1, -0.05) is 0 Å². The van der Waals surface area contributed by atoms with Crippen molar-refractivity contribution in [1.82, 2.24) is 0 Å². The fourth-order valence-corrected chi connectivity index (χ4v) is 0.557. The van der Waals surface area contributed by atoms with E-state index in [9.17, 15) is 22.0 Å². The van der Waals surface area contributed by atoms with Crippen LogP contribution < -0.4 is 0 Å². The number of halogens is 5. The van der Waals surface area contributed by atoms with Crippen molar-refractivity contribution in [3.63, 3.8) is 0 Å². The molecule has 0 atom stereocenters. The van der Waals surface area contributed by atoms with Crippen LogP contribution in [0.1, 0.15) is 0 Å². The summed E-state index contributed by atoms with van der Waals surface area (Å²) in [7, 11) is 0.500. The Hall–Kier alpha value is -1.33. The molecule has 0 saturated carbocycles. The second-order valence-electron chi connectivity index (χ2n) is 1.82. The number of aromatic hydroxyl groups is 1. The Morgan fingerprint density at radius 2 is 1.38 bits per heavy atom. The summed E-state index contributed by atoms with van der Waals surface area (Å²) in [6.07, 6.45) is 0. The molecule has 0 unspecified atom stereocenters. The van der Waals surface area contributed by atoms with Gasteiger partial charge in [0.25, 0.3) is 0 Å². The van der Waals surface area contributed by atoms with Crippen LogP contribution in [-0.2, 0) is 0 Å². The maximum absolute atomic E-state index is 12.1. The number of hydrogen-bond donors (Lipinski definition) is 1. The van der Waals surface area contributed by atoms with Gasteiger partial charge in [-0.2, -0.15) is 4.39 Å². The molecule has 0 radical (unpaired) electrons. The highest BCUT2D eigenvalue weighted by Gasteiger charge is 2.17. The predicted molar refractivity (Wildman–Crippen MR) is 35.0 cm³/mol. The molecule has 0 aliphatic carbocycles. The zero-order valence-electron chi connectivity index (χ0n) is 6.41. The molecular formula is C7H5F5O. The third-order valence-corrected chi connectivity index (χ3v) is 1.09. The number of benzene rings is 1. The molecule has 0 heterocycles. The fraction of sp³-hybridized carbons (Fsp3) is 0.143. The molecule has 1 nitrogen and oxygen atoms in total. The van der Waals surface area contributed by atoms with Crippen LogP contribution in [0.3, 0.4) is 0 Å². The van der Waals surface area contributed by atoms with E-state index in [0.29, 0.717) is 7.18 Å². The average Bonchev–Trinajstić information content (AvgIpc) is 2.15. The first-order valence-electron chi connectivity index (χ1n) is 2.93. The second kappa shape index (κ2) is 4.64. The van der Waals surface area contributed by atoms with Crippen LogP contribution in [0, 0.1) is 23.3 Å². The van der Waals surface area contributed by atoms with Gasteiger partial charge >= 0.3 is 0 Å². The number of alkyl halides is 1. The molecule has 0 aromatic heterocycles. The van der Waals surface area contributed by atoms with E-state index in [1.165, 1.54) is 0 Å². The average molecular weight is 200 g/mol. The van der Waals surface area contributed by atoms with Gasteiger partial charge in [-0.15, -0.1) is 0 Å². The third-order valence-electron chi connectivity index (χ3n) is 1.09. The summed E-state index contributed by atoms with van der Waals surface area (Å²) in [5.74, 6) is -8.51. The van der Waals surface area contributed by atoms with E-state index in [2.05, 4.69) is 0 Å². The molecule has 0 amide bonds. The molecule has 1 aromatic carbocycles. The largest absolute Gasteiger partial charge is 0.503 e. The van der Waals surface area contributed by atoms with E-state index in [1.807, 2.05) is 0 Å². The third kappa shape index (κ3) is 2.30. The molecule has 13 heavy (non-hydrogen) atoms. The molecule has 0 fully saturated rings. The smallest absolute Gasteiger partial charge is 0.206 e. The normalized spacial score (nSPS) is 9.08. The van der Waals surface area contributed by atoms with Crippen LogP contribution in [0.25, 0.3) is 0 Å². The van der Waals surface area contributed by atoms with Crippen LogP contribution in [0.15, 0.2) is 6.07 Å². The lowest BCUT2D eigenvalue weighted by molar-refractivity contribution is 0.358. The first kappa shape index (κ1) is 11.7. The van der Waals surface area contributed by atoms with Crippen molar-refractivity contribution in [2.45, 2.75) is 0 Å². The van der Waals surface area contributed by atoms with Crippen molar-refractivity contribution in [3.05, 3.63) is 29.3 Å². The van der Waals surface area contributed by atoms with Crippen molar-refractivity contribution in [2.24, 2.45) is 0 Å². The first-order chi connectivity index (χ1) is 6.04. The molecule has 0 bridgehead atoms. The molecule has 74 valence electrons. The van der Waals surface area contributed by atoms with Crippen molar-refractivity contribution in [3.8, 4) is 5.75 Å². The maximum atomic E-state index is 12.1. The van der Waals surface area contributed by atoms with Gasteiger partial charge in [0.1, 0.15) is 0 Å². The van der Waals surface area contributed by atoms with E-state index in [-0.39, 0.29) is 6.07 Å². The monoisotopic (exact) mass is 200 g/mol. The van der Waals surface area contributed by atoms with Crippen LogP contribution in [0.5, 0.6) is 5.75 Å². The van der Waals surface area contributed by atoms with E-state index in [0.717, 1.165) is 0 Å². The maximum Gasteiger partial charge on any atom is 0.206 e. The van der Waals surface area contributed by atoms with Gasteiger partial charge in [0.15, 0.2) is 23.2 Å². The predicted octanol–water partition coefficient (Wildman–Crippen LogP) is 2.53. The topological polar surface area (TPSA) is 20.2 Å². The van der Waals surface area contributed by atoms with Gasteiger partial charge in [0.05, 0.1) is 7.18 Å². The Balaban J connectivity index is 0.000000671. The minimum Gasteiger partial charge on any atom is -0.503 e. The number of hydrogen-bond acceptors (Lipinski definition) is 1. The van der Waals surface area contributed by atoms with Crippen molar-refractivity contribution >= 4 is 0 Å². The molecule has 0 spiro atoms. The summed E-state index contributed by atoms with van der Waals surface area (Å²) in [4.78, 5) is 0. The highest BCUT2D eigenvalue weighted by atomic mass is 19.2. The molecule has 0 aliphatic rings. The molecule has 1 N–H and O–H groups in total. The van der Waals surface area contributed by atoms with E-state index in [4.69, 9.17) is 5.11 Å². The Bertz CT molecular complexity index is 273. The molecule has 6 heteroatoms. The molecule has 0 aliphatic heterocycles. The molecule has 1 aromatic rings. The van der Waals surface area contributed by atoms with E-state index in [1.54, 1.807) is 0 Å². The lowest BCUT2D eigenvalue weighted by Gasteiger charge is -1.98. The SMILES string of the molecule is CF.Oc1c(F)cc(F)c(F)c1F. The quantitative estimate of drug-likeness (QED) is 0.387. The van der Waals surface area contributed by atoms with Crippen LogP contribution in [-0.4, -0.2) is 12.3 Å². The van der Waals surface area contributed by atoms with Crippen molar-refractivity contribution < 1.29 is 27.1 Å². The van der Waals surface area contributed by atoms with Gasteiger partial charge in [-0.05, 0) is 0 Å². The van der Waals surface area contributed by atoms with Crippen molar-refractivity contribution in [2.75, 3.05) is 7.18 Å². The Kier molecular flexibility index (Phi) is 4.16.